The average Bonchev–Trinajstić information content (AvgIpc) is 3.70. The van der Waals surface area contributed by atoms with Gasteiger partial charge in [-0.3, -0.25) is 14.3 Å². The van der Waals surface area contributed by atoms with Crippen molar-refractivity contribution in [3.05, 3.63) is 54.0 Å². The van der Waals surface area contributed by atoms with Crippen molar-refractivity contribution in [3.63, 3.8) is 0 Å². The third-order valence-corrected chi connectivity index (χ3v) is 9.21. The number of nitrogens with zero attached hydrogens (tertiary/aromatic N) is 5. The minimum absolute atomic E-state index is 0.0470. The summed E-state index contributed by atoms with van der Waals surface area (Å²) >= 11 is 0. The molecule has 2 fully saturated rings. The number of hydrogen-bond donors (Lipinski definition) is 2. The van der Waals surface area contributed by atoms with E-state index in [1.165, 1.54) is 12.3 Å². The zero-order valence-electron chi connectivity index (χ0n) is 23.9. The Labute approximate surface area is 244 Å². The monoisotopic (exact) mass is 599 g/mol. The maximum atomic E-state index is 14.2. The summed E-state index contributed by atoms with van der Waals surface area (Å²) in [7, 11) is -1.47. The van der Waals surface area contributed by atoms with Crippen molar-refractivity contribution in [1.82, 2.24) is 20.1 Å². The van der Waals surface area contributed by atoms with E-state index in [0.717, 1.165) is 24.0 Å². The van der Waals surface area contributed by atoms with Crippen molar-refractivity contribution in [3.8, 4) is 11.1 Å². The first kappa shape index (κ1) is 29.8. The van der Waals surface area contributed by atoms with Crippen molar-refractivity contribution < 1.29 is 22.6 Å². The number of hydrogen-bond acceptors (Lipinski definition) is 7. The van der Waals surface area contributed by atoms with E-state index in [1.807, 2.05) is 17.8 Å². The number of rotatable bonds is 8. The molecule has 1 saturated carbocycles. The van der Waals surface area contributed by atoms with Gasteiger partial charge in [-0.25, -0.2) is 18.0 Å². The van der Waals surface area contributed by atoms with Gasteiger partial charge in [0, 0.05) is 66.3 Å². The Morgan fingerprint density at radius 1 is 1.19 bits per heavy atom. The summed E-state index contributed by atoms with van der Waals surface area (Å²) in [6.45, 7) is 2.18. The highest BCUT2D eigenvalue weighted by atomic mass is 32.2. The summed E-state index contributed by atoms with van der Waals surface area (Å²) in [4.78, 5) is 32.6. The van der Waals surface area contributed by atoms with Crippen LogP contribution in [-0.4, -0.2) is 69.6 Å². The molecule has 2 N–H and O–H groups in total. The molecule has 1 unspecified atom stereocenters. The third-order valence-electron chi connectivity index (χ3n) is 7.53. The lowest BCUT2D eigenvalue weighted by atomic mass is 9.99. The van der Waals surface area contributed by atoms with Gasteiger partial charge in [-0.15, -0.1) is 0 Å². The topological polar surface area (TPSA) is 122 Å². The number of nitrogens with one attached hydrogen (secondary N) is 2. The Kier molecular flexibility index (Phi) is 8.42. The number of benzene rings is 1. The average molecular weight is 600 g/mol. The van der Waals surface area contributed by atoms with E-state index < -0.39 is 27.5 Å². The van der Waals surface area contributed by atoms with Gasteiger partial charge in [0.05, 0.1) is 34.1 Å². The van der Waals surface area contributed by atoms with Gasteiger partial charge in [0.1, 0.15) is 5.82 Å². The molecule has 1 aliphatic carbocycles. The third kappa shape index (κ3) is 6.67. The predicted octanol–water partition coefficient (Wildman–Crippen LogP) is 4.67. The van der Waals surface area contributed by atoms with E-state index >= 15 is 0 Å². The van der Waals surface area contributed by atoms with Gasteiger partial charge in [-0.1, -0.05) is 6.07 Å². The number of aromatic nitrogens is 3. The summed E-state index contributed by atoms with van der Waals surface area (Å²) in [6.07, 6.45) is 8.61. The summed E-state index contributed by atoms with van der Waals surface area (Å²) in [5.41, 5.74) is 2.81. The van der Waals surface area contributed by atoms with Gasteiger partial charge in [0.25, 0.3) is 11.8 Å². The lowest BCUT2D eigenvalue weighted by Gasteiger charge is -2.26. The molecule has 1 aromatic carbocycles. The Hall–Kier alpha value is -3.71. The Morgan fingerprint density at radius 2 is 1.98 bits per heavy atom. The van der Waals surface area contributed by atoms with Crippen molar-refractivity contribution in [2.24, 2.45) is 4.36 Å². The van der Waals surface area contributed by atoms with E-state index in [-0.39, 0.29) is 42.8 Å². The largest absolute Gasteiger partial charge is 0.356 e. The van der Waals surface area contributed by atoms with E-state index in [1.54, 1.807) is 42.5 Å². The van der Waals surface area contributed by atoms with E-state index in [4.69, 9.17) is 0 Å². The molecule has 224 valence electrons. The molecule has 42 heavy (non-hydrogen) atoms. The van der Waals surface area contributed by atoms with Crippen molar-refractivity contribution in [1.29, 1.82) is 0 Å². The molecule has 1 saturated heterocycles. The Bertz CT molecular complexity index is 1630. The van der Waals surface area contributed by atoms with Crippen LogP contribution in [0.15, 0.2) is 52.1 Å². The summed E-state index contributed by atoms with van der Waals surface area (Å²) in [6, 6.07) is 6.76. The maximum Gasteiger partial charge on any atom is 0.267 e. The maximum absolute atomic E-state index is 14.2. The number of pyridine rings is 1. The van der Waals surface area contributed by atoms with Gasteiger partial charge < -0.3 is 15.5 Å². The molecule has 3 aromatic rings. The van der Waals surface area contributed by atoms with Gasteiger partial charge in [0.15, 0.2) is 0 Å². The molecule has 0 spiro atoms. The smallest absolute Gasteiger partial charge is 0.267 e. The van der Waals surface area contributed by atoms with E-state index in [2.05, 4.69) is 25.1 Å². The number of amides is 2. The van der Waals surface area contributed by atoms with Crippen LogP contribution in [0.4, 0.5) is 20.3 Å². The first-order valence-electron chi connectivity index (χ1n) is 14.0. The molecule has 13 heteroatoms. The highest BCUT2D eigenvalue weighted by Gasteiger charge is 2.34. The minimum Gasteiger partial charge on any atom is -0.356 e. The molecule has 3 heterocycles. The molecule has 2 amide bonds. The van der Waals surface area contributed by atoms with Crippen molar-refractivity contribution in [2.45, 2.75) is 55.9 Å². The number of anilines is 2. The fourth-order valence-electron chi connectivity index (χ4n) is 5.12. The van der Waals surface area contributed by atoms with Crippen LogP contribution in [0.2, 0.25) is 0 Å². The Morgan fingerprint density at radius 3 is 2.71 bits per heavy atom. The fourth-order valence-corrected chi connectivity index (χ4v) is 6.35. The second kappa shape index (κ2) is 11.9. The van der Waals surface area contributed by atoms with Crippen molar-refractivity contribution >= 4 is 33.0 Å². The summed E-state index contributed by atoms with van der Waals surface area (Å²) < 4.78 is 47.4. The quantitative estimate of drug-likeness (QED) is 0.386. The standard InChI is InChI=1S/C29H35F2N7O3S/c1-19-24(20-15-34-38(18-20)22-8-9-22)16-33-27(37-12-5-10-29(30,31)11-13-37)26(19)28(40)35-21-6-4-7-23(14-21)42(3,41)36-25(39)17-32-2/h4,6-7,14-16,18,22,32H,5,8-13,17H2,1-3H3,(H,35,40). The van der Waals surface area contributed by atoms with Crippen LogP contribution in [-0.2, 0) is 14.5 Å². The van der Waals surface area contributed by atoms with Crippen LogP contribution in [0, 0.1) is 6.92 Å². The van der Waals surface area contributed by atoms with Gasteiger partial charge in [0.2, 0.25) is 5.92 Å². The second-order valence-electron chi connectivity index (χ2n) is 10.9. The highest BCUT2D eigenvalue weighted by molar-refractivity contribution is 7.93. The highest BCUT2D eigenvalue weighted by Crippen LogP contribution is 2.37. The van der Waals surface area contributed by atoms with Crippen LogP contribution in [0.25, 0.3) is 11.1 Å². The molecular formula is C29H35F2N7O3S. The van der Waals surface area contributed by atoms with Crippen LogP contribution < -0.4 is 15.5 Å². The van der Waals surface area contributed by atoms with Gasteiger partial charge >= 0.3 is 0 Å². The zero-order chi connectivity index (χ0) is 30.1. The number of alkyl halides is 2. The lowest BCUT2D eigenvalue weighted by Crippen LogP contribution is -2.30. The van der Waals surface area contributed by atoms with Crippen LogP contribution in [0.3, 0.4) is 0 Å². The first-order chi connectivity index (χ1) is 20.0. The zero-order valence-corrected chi connectivity index (χ0v) is 24.7. The molecule has 1 atom stereocenters. The molecule has 2 aliphatic rings. The van der Waals surface area contributed by atoms with E-state index in [0.29, 0.717) is 29.7 Å². The molecule has 2 aromatic heterocycles. The van der Waals surface area contributed by atoms with Gasteiger partial charge in [-0.2, -0.15) is 9.46 Å². The first-order valence-corrected chi connectivity index (χ1v) is 15.9. The van der Waals surface area contributed by atoms with Gasteiger partial charge in [-0.05, 0) is 57.0 Å². The number of carbonyl (C=O) groups excluding carboxylic acids is 2. The molecule has 10 nitrogen and oxygen atoms in total. The van der Waals surface area contributed by atoms with Crippen LogP contribution in [0.1, 0.15) is 54.1 Å². The SMILES string of the molecule is CNCC(=O)N=S(C)(=O)c1cccc(NC(=O)c2c(N3CCCC(F)(F)CC3)ncc(-c3cnn(C4CC4)c3)c2C)c1. The molecule has 0 radical (unpaired) electrons. The number of likely N-dealkylation sites (N-methyl/N-ethyl adjacent to an activating group) is 1. The number of carbonyl (C=O) groups is 2. The van der Waals surface area contributed by atoms with Crippen LogP contribution >= 0.6 is 0 Å². The molecule has 0 bridgehead atoms. The molecular weight excluding hydrogens is 564 g/mol. The van der Waals surface area contributed by atoms with Crippen LogP contribution in [0.5, 0.6) is 0 Å². The summed E-state index contributed by atoms with van der Waals surface area (Å²) in [5.74, 6) is -3.46. The number of halogens is 2. The van der Waals surface area contributed by atoms with Crippen molar-refractivity contribution in [2.75, 3.05) is 43.2 Å². The minimum atomic E-state index is -3.06. The van der Waals surface area contributed by atoms with E-state index in [9.17, 15) is 22.6 Å². The predicted molar refractivity (Wildman–Crippen MR) is 158 cm³/mol. The Balaban J connectivity index is 1.51. The molecule has 5 rings (SSSR count). The normalized spacial score (nSPS) is 18.2. The summed E-state index contributed by atoms with van der Waals surface area (Å²) in [5, 5.41) is 10.0. The molecule has 1 aliphatic heterocycles. The lowest BCUT2D eigenvalue weighted by molar-refractivity contribution is -0.116. The second-order valence-corrected chi connectivity index (χ2v) is 13.2. The fraction of sp³-hybridized carbons (Fsp3) is 0.448.